The number of hydrogen-bond acceptors (Lipinski definition) is 2. The molecule has 1 aliphatic carbocycles. The van der Waals surface area contributed by atoms with Crippen molar-refractivity contribution in [3.63, 3.8) is 0 Å². The second-order valence-corrected chi connectivity index (χ2v) is 6.84. The van der Waals surface area contributed by atoms with Crippen LogP contribution in [0.15, 0.2) is 42.5 Å². The summed E-state index contributed by atoms with van der Waals surface area (Å²) in [7, 11) is 0. The van der Waals surface area contributed by atoms with E-state index in [1.54, 1.807) is 0 Å². The Hall–Kier alpha value is -1.25. The van der Waals surface area contributed by atoms with Crippen LogP contribution >= 0.6 is 11.8 Å². The van der Waals surface area contributed by atoms with Gasteiger partial charge in [-0.05, 0) is 53.0 Å². The maximum absolute atomic E-state index is 3.69. The Morgan fingerprint density at radius 3 is 2.90 bits per heavy atom. The van der Waals surface area contributed by atoms with Gasteiger partial charge in [-0.15, -0.1) is 0 Å². The number of thioether (sulfide) groups is 1. The summed E-state index contributed by atoms with van der Waals surface area (Å²) in [5, 5.41) is 3.69. The van der Waals surface area contributed by atoms with Crippen LogP contribution in [0.25, 0.3) is 11.1 Å². The van der Waals surface area contributed by atoms with Gasteiger partial charge in [0.1, 0.15) is 0 Å². The lowest BCUT2D eigenvalue weighted by atomic mass is 10.00. The Kier molecular flexibility index (Phi) is 3.29. The maximum atomic E-state index is 3.69. The maximum Gasteiger partial charge on any atom is 0.0411 e. The van der Waals surface area contributed by atoms with Gasteiger partial charge in [-0.25, -0.2) is 0 Å². The molecule has 1 fully saturated rings. The minimum atomic E-state index is 0.525. The summed E-state index contributed by atoms with van der Waals surface area (Å²) in [6.07, 6.45) is 2.39. The Morgan fingerprint density at radius 2 is 1.90 bits per heavy atom. The molecule has 1 unspecified atom stereocenters. The van der Waals surface area contributed by atoms with Crippen molar-refractivity contribution in [2.75, 3.05) is 18.1 Å². The van der Waals surface area contributed by atoms with E-state index < -0.39 is 0 Å². The van der Waals surface area contributed by atoms with Crippen LogP contribution in [0.3, 0.4) is 0 Å². The van der Waals surface area contributed by atoms with Gasteiger partial charge in [0, 0.05) is 11.8 Å². The first-order chi connectivity index (χ1) is 9.92. The lowest BCUT2D eigenvalue weighted by Gasteiger charge is -2.17. The van der Waals surface area contributed by atoms with E-state index in [2.05, 4.69) is 59.5 Å². The zero-order valence-electron chi connectivity index (χ0n) is 11.6. The Bertz CT molecular complexity index is 627. The molecule has 1 heterocycles. The molecule has 20 heavy (non-hydrogen) atoms. The van der Waals surface area contributed by atoms with Crippen LogP contribution in [0.2, 0.25) is 0 Å². The predicted octanol–water partition coefficient (Wildman–Crippen LogP) is 4.03. The van der Waals surface area contributed by atoms with Gasteiger partial charge < -0.3 is 5.32 Å². The van der Waals surface area contributed by atoms with Gasteiger partial charge in [0.2, 0.25) is 0 Å². The van der Waals surface area contributed by atoms with Gasteiger partial charge in [-0.2, -0.15) is 11.8 Å². The zero-order chi connectivity index (χ0) is 13.4. The van der Waals surface area contributed by atoms with Gasteiger partial charge in [0.25, 0.3) is 0 Å². The second kappa shape index (κ2) is 5.27. The van der Waals surface area contributed by atoms with E-state index in [9.17, 15) is 0 Å². The third-order valence-corrected chi connectivity index (χ3v) is 5.51. The molecule has 0 radical (unpaired) electrons. The summed E-state index contributed by atoms with van der Waals surface area (Å²) in [5.41, 5.74) is 7.30. The van der Waals surface area contributed by atoms with Crippen molar-refractivity contribution >= 4 is 11.8 Å². The molecular formula is C18H19NS. The fourth-order valence-corrected chi connectivity index (χ4v) is 4.37. The molecule has 0 amide bonds. The van der Waals surface area contributed by atoms with E-state index in [0.717, 1.165) is 13.0 Å². The highest BCUT2D eigenvalue weighted by Gasteiger charge is 2.20. The monoisotopic (exact) mass is 281 g/mol. The highest BCUT2D eigenvalue weighted by molar-refractivity contribution is 7.99. The van der Waals surface area contributed by atoms with E-state index in [0.29, 0.717) is 6.04 Å². The van der Waals surface area contributed by atoms with Crippen LogP contribution in [0, 0.1) is 0 Å². The van der Waals surface area contributed by atoms with Crippen molar-refractivity contribution in [1.82, 2.24) is 5.32 Å². The summed E-state index contributed by atoms with van der Waals surface area (Å²) in [6.45, 7) is 1.15. The predicted molar refractivity (Wildman–Crippen MR) is 87.4 cm³/mol. The third-order valence-electron chi connectivity index (χ3n) is 4.36. The summed E-state index contributed by atoms with van der Waals surface area (Å²) >= 11 is 2.08. The van der Waals surface area contributed by atoms with Crippen molar-refractivity contribution in [3.8, 4) is 11.1 Å². The van der Waals surface area contributed by atoms with Crippen LogP contribution < -0.4 is 5.32 Å². The number of nitrogens with one attached hydrogen (secondary N) is 1. The van der Waals surface area contributed by atoms with E-state index >= 15 is 0 Å². The summed E-state index contributed by atoms with van der Waals surface area (Å²) in [4.78, 5) is 0. The molecule has 2 heteroatoms. The summed E-state index contributed by atoms with van der Waals surface area (Å²) < 4.78 is 0. The molecular weight excluding hydrogens is 262 g/mol. The first-order valence-electron chi connectivity index (χ1n) is 7.44. The first kappa shape index (κ1) is 12.5. The lowest BCUT2D eigenvalue weighted by molar-refractivity contribution is 0.589. The second-order valence-electron chi connectivity index (χ2n) is 5.69. The van der Waals surface area contributed by atoms with Crippen LogP contribution in [0.5, 0.6) is 0 Å². The van der Waals surface area contributed by atoms with Crippen LogP contribution in [0.4, 0.5) is 0 Å². The highest BCUT2D eigenvalue weighted by atomic mass is 32.2. The Morgan fingerprint density at radius 1 is 1.00 bits per heavy atom. The molecule has 1 aliphatic heterocycles. The van der Waals surface area contributed by atoms with Crippen LogP contribution in [0.1, 0.15) is 29.2 Å². The normalized spacial score (nSPS) is 21.1. The van der Waals surface area contributed by atoms with Crippen molar-refractivity contribution in [2.24, 2.45) is 0 Å². The van der Waals surface area contributed by atoms with Crippen molar-refractivity contribution in [3.05, 3.63) is 59.2 Å². The summed E-state index contributed by atoms with van der Waals surface area (Å²) in [5.74, 6) is 2.49. The molecule has 0 aromatic heterocycles. The fourth-order valence-electron chi connectivity index (χ4n) is 3.31. The molecule has 4 rings (SSSR count). The zero-order valence-corrected chi connectivity index (χ0v) is 12.4. The van der Waals surface area contributed by atoms with E-state index in [4.69, 9.17) is 0 Å². The highest BCUT2D eigenvalue weighted by Crippen LogP contribution is 2.37. The molecule has 2 aliphatic rings. The molecule has 102 valence electrons. The number of benzene rings is 2. The Balaban J connectivity index is 1.68. The smallest absolute Gasteiger partial charge is 0.0411 e. The average molecular weight is 281 g/mol. The quantitative estimate of drug-likeness (QED) is 0.723. The first-order valence-corrected chi connectivity index (χ1v) is 8.59. The fraction of sp³-hybridized carbons (Fsp3) is 0.333. The van der Waals surface area contributed by atoms with Gasteiger partial charge in [-0.1, -0.05) is 42.5 Å². The SMILES string of the molecule is c1ccc2c(c1)Cc1cc(C3CSCCCN3)ccc1-2. The topological polar surface area (TPSA) is 12.0 Å². The molecule has 0 saturated carbocycles. The van der Waals surface area contributed by atoms with Crippen molar-refractivity contribution < 1.29 is 0 Å². The molecule has 1 nitrogen and oxygen atoms in total. The van der Waals surface area contributed by atoms with Gasteiger partial charge in [0.05, 0.1) is 0 Å². The molecule has 0 spiro atoms. The van der Waals surface area contributed by atoms with Crippen LogP contribution in [-0.4, -0.2) is 18.1 Å². The molecule has 1 atom stereocenters. The average Bonchev–Trinajstić information content (AvgIpc) is 2.67. The van der Waals surface area contributed by atoms with E-state index in [1.165, 1.54) is 45.7 Å². The van der Waals surface area contributed by atoms with Crippen LogP contribution in [-0.2, 0) is 6.42 Å². The molecule has 2 aromatic carbocycles. The number of rotatable bonds is 1. The van der Waals surface area contributed by atoms with Crippen molar-refractivity contribution in [2.45, 2.75) is 18.9 Å². The van der Waals surface area contributed by atoms with Gasteiger partial charge >= 0.3 is 0 Å². The van der Waals surface area contributed by atoms with Gasteiger partial charge in [0.15, 0.2) is 0 Å². The summed E-state index contributed by atoms with van der Waals surface area (Å²) in [6, 6.07) is 16.4. The van der Waals surface area contributed by atoms with E-state index in [-0.39, 0.29) is 0 Å². The van der Waals surface area contributed by atoms with Crippen molar-refractivity contribution in [1.29, 1.82) is 0 Å². The molecule has 0 bridgehead atoms. The molecule has 1 N–H and O–H groups in total. The number of fused-ring (bicyclic) bond motifs is 3. The molecule has 2 aromatic rings. The van der Waals surface area contributed by atoms with Gasteiger partial charge in [-0.3, -0.25) is 0 Å². The standard InChI is InChI=1S/C18H19NS/c1-2-5-16-13(4-1)10-15-11-14(6-7-17(15)16)18-12-20-9-3-8-19-18/h1-2,4-7,11,18-19H,3,8-10,12H2. The Labute approximate surface area is 124 Å². The number of hydrogen-bond donors (Lipinski definition) is 1. The largest absolute Gasteiger partial charge is 0.309 e. The third kappa shape index (κ3) is 2.17. The van der Waals surface area contributed by atoms with E-state index in [1.807, 2.05) is 0 Å². The lowest BCUT2D eigenvalue weighted by Crippen LogP contribution is -2.22. The minimum Gasteiger partial charge on any atom is -0.309 e. The minimum absolute atomic E-state index is 0.525. The molecule has 1 saturated heterocycles.